The van der Waals surface area contributed by atoms with Crippen LogP contribution in [0.4, 0.5) is 0 Å². The molecule has 0 aliphatic rings. The summed E-state index contributed by atoms with van der Waals surface area (Å²) in [4.78, 5) is 11.3. The van der Waals surface area contributed by atoms with Crippen molar-refractivity contribution in [1.82, 2.24) is 0 Å². The van der Waals surface area contributed by atoms with Gasteiger partial charge in [0.05, 0.1) is 5.75 Å². The van der Waals surface area contributed by atoms with E-state index in [4.69, 9.17) is 4.55 Å². The Morgan fingerprint density at radius 1 is 0.850 bits per heavy atom. The normalized spacial score (nSPS) is 11.1. The van der Waals surface area contributed by atoms with Gasteiger partial charge in [0.25, 0.3) is 10.1 Å². The topological polar surface area (TPSA) is 71.4 Å². The Hall–Kier alpha value is 0.580. The van der Waals surface area contributed by atoms with Gasteiger partial charge in [-0.05, 0) is 6.42 Å². The van der Waals surface area contributed by atoms with Crippen LogP contribution in [0.2, 0.25) is 0 Å². The van der Waals surface area contributed by atoms with E-state index >= 15 is 0 Å². The zero-order valence-corrected chi connectivity index (χ0v) is 12.9. The first-order chi connectivity index (χ1) is 8.95. The van der Waals surface area contributed by atoms with Crippen LogP contribution >= 0.6 is 0 Å². The van der Waals surface area contributed by atoms with Gasteiger partial charge in [-0.25, -0.2) is 0 Å². The number of carbonyl (C=O) groups excluding carboxylic acids is 1. The van der Waals surface area contributed by atoms with Crippen LogP contribution in [0.5, 0.6) is 0 Å². The van der Waals surface area contributed by atoms with Crippen LogP contribution in [-0.2, 0) is 14.9 Å². The maximum atomic E-state index is 11.3. The summed E-state index contributed by atoms with van der Waals surface area (Å²) < 4.78 is 29.4. The van der Waals surface area contributed by atoms with Crippen LogP contribution in [0.15, 0.2) is 0 Å². The number of hydrogen-bond donors (Lipinski definition) is 1. The number of carbonyl (C=O) groups is 1. The quantitative estimate of drug-likeness (QED) is 0.322. The number of Topliss-reactive ketones (excluding diaryl/α,β-unsaturated/α-hetero) is 1. The molecule has 6 heteroatoms. The molecule has 0 amide bonds. The second kappa shape index (κ2) is 14.5. The van der Waals surface area contributed by atoms with Crippen molar-refractivity contribution in [3.63, 3.8) is 0 Å². The van der Waals surface area contributed by atoms with E-state index in [1.807, 2.05) is 0 Å². The maximum absolute atomic E-state index is 11.3. The van der Waals surface area contributed by atoms with E-state index in [9.17, 15) is 13.2 Å². The molecule has 0 rings (SSSR count). The molecule has 0 aliphatic heterocycles. The van der Waals surface area contributed by atoms with Crippen molar-refractivity contribution in [3.8, 4) is 0 Å². The molecular weight excluding hydrogens is 287 g/mol. The summed E-state index contributed by atoms with van der Waals surface area (Å²) in [6.45, 7) is 2.21. The molecule has 0 aliphatic carbocycles. The number of unbranched alkanes of at least 4 members (excludes halogenated alkanes) is 8. The average molecular weight is 316 g/mol. The first-order valence-corrected chi connectivity index (χ1v) is 9.03. The number of hydrogen-bond acceptors (Lipinski definition) is 3. The Morgan fingerprint density at radius 2 is 1.30 bits per heavy atom. The van der Waals surface area contributed by atoms with E-state index in [1.54, 1.807) is 0 Å². The van der Waals surface area contributed by atoms with Gasteiger partial charge in [0.15, 0.2) is 0 Å². The van der Waals surface area contributed by atoms with Gasteiger partial charge in [-0.2, -0.15) is 8.42 Å². The average Bonchev–Trinajstić information content (AvgIpc) is 2.33. The van der Waals surface area contributed by atoms with Crippen molar-refractivity contribution in [2.75, 3.05) is 5.75 Å². The molecule has 0 bridgehead atoms. The molecule has 0 saturated heterocycles. The third kappa shape index (κ3) is 18.6. The van der Waals surface area contributed by atoms with Gasteiger partial charge in [-0.15, -0.1) is 0 Å². The Labute approximate surface area is 146 Å². The molecular formula is C14H29NaO4S. The minimum absolute atomic E-state index is 0. The molecule has 0 heterocycles. The van der Waals surface area contributed by atoms with E-state index in [0.717, 1.165) is 19.3 Å². The first kappa shape index (κ1) is 22.9. The summed E-state index contributed by atoms with van der Waals surface area (Å²) in [6.07, 6.45) is 11.1. The van der Waals surface area contributed by atoms with Gasteiger partial charge >= 0.3 is 29.6 Å². The van der Waals surface area contributed by atoms with E-state index < -0.39 is 15.9 Å². The number of ketones is 1. The number of rotatable bonds is 13. The first-order valence-electron chi connectivity index (χ1n) is 7.42. The van der Waals surface area contributed by atoms with Gasteiger partial charge in [0.2, 0.25) is 0 Å². The molecule has 116 valence electrons. The van der Waals surface area contributed by atoms with Crippen LogP contribution in [0.1, 0.15) is 77.6 Å². The molecule has 0 aromatic heterocycles. The molecule has 0 radical (unpaired) electrons. The Morgan fingerprint density at radius 3 is 1.75 bits per heavy atom. The Bertz CT molecular complexity index is 328. The van der Waals surface area contributed by atoms with Gasteiger partial charge in [-0.1, -0.05) is 58.3 Å². The predicted molar refractivity (Wildman–Crippen MR) is 85.0 cm³/mol. The van der Waals surface area contributed by atoms with Gasteiger partial charge in [0, 0.05) is 12.8 Å². The van der Waals surface area contributed by atoms with E-state index in [-0.39, 0.29) is 41.8 Å². The predicted octanol–water partition coefficient (Wildman–Crippen LogP) is 3.11. The van der Waals surface area contributed by atoms with Crippen molar-refractivity contribution in [2.45, 2.75) is 77.6 Å². The molecule has 0 aromatic carbocycles. The van der Waals surface area contributed by atoms with E-state index in [1.165, 1.54) is 38.5 Å². The molecule has 0 saturated carbocycles. The molecule has 0 fully saturated rings. The Kier molecular flexibility index (Phi) is 16.6. The van der Waals surface area contributed by atoms with Gasteiger partial charge in [-0.3, -0.25) is 9.35 Å². The monoisotopic (exact) mass is 316 g/mol. The van der Waals surface area contributed by atoms with Crippen LogP contribution in [0.3, 0.4) is 0 Å². The SMILES string of the molecule is CCCCCCCCCCCC(=O)CCS(=O)(=O)O.[NaH]. The molecule has 0 aromatic rings. The summed E-state index contributed by atoms with van der Waals surface area (Å²) in [7, 11) is -3.99. The van der Waals surface area contributed by atoms with Crippen LogP contribution < -0.4 is 0 Å². The van der Waals surface area contributed by atoms with Crippen molar-refractivity contribution in [1.29, 1.82) is 0 Å². The Balaban J connectivity index is 0. The summed E-state index contributed by atoms with van der Waals surface area (Å²) in [6, 6.07) is 0. The van der Waals surface area contributed by atoms with Crippen molar-refractivity contribution in [2.24, 2.45) is 0 Å². The van der Waals surface area contributed by atoms with Gasteiger partial charge in [0.1, 0.15) is 5.78 Å². The van der Waals surface area contributed by atoms with Crippen LogP contribution in [0, 0.1) is 0 Å². The molecule has 0 spiro atoms. The fourth-order valence-electron chi connectivity index (χ4n) is 2.00. The second-order valence-corrected chi connectivity index (χ2v) is 6.73. The fourth-order valence-corrected chi connectivity index (χ4v) is 2.49. The zero-order chi connectivity index (χ0) is 14.6. The molecule has 20 heavy (non-hydrogen) atoms. The van der Waals surface area contributed by atoms with Crippen LogP contribution in [0.25, 0.3) is 0 Å². The van der Waals surface area contributed by atoms with Crippen molar-refractivity contribution in [3.05, 3.63) is 0 Å². The third-order valence-electron chi connectivity index (χ3n) is 3.20. The summed E-state index contributed by atoms with van der Waals surface area (Å²) >= 11 is 0. The van der Waals surface area contributed by atoms with Crippen LogP contribution in [-0.4, -0.2) is 54.1 Å². The summed E-state index contributed by atoms with van der Waals surface area (Å²) in [5.74, 6) is -0.510. The van der Waals surface area contributed by atoms with Gasteiger partial charge < -0.3 is 0 Å². The molecule has 4 nitrogen and oxygen atoms in total. The van der Waals surface area contributed by atoms with E-state index in [2.05, 4.69) is 6.92 Å². The van der Waals surface area contributed by atoms with Crippen molar-refractivity contribution < 1.29 is 17.8 Å². The molecule has 1 N–H and O–H groups in total. The standard InChI is InChI=1S/C14H28O4S.Na.H/c1-2-3-4-5-6-7-8-9-10-11-14(15)12-13-19(16,17)18;;/h2-13H2,1H3,(H,16,17,18);;. The molecule has 0 atom stereocenters. The zero-order valence-electron chi connectivity index (χ0n) is 12.1. The summed E-state index contributed by atoms with van der Waals surface area (Å²) in [5.41, 5.74) is 0. The molecule has 0 unspecified atom stereocenters. The fraction of sp³-hybridized carbons (Fsp3) is 0.929. The minimum atomic E-state index is -3.99. The van der Waals surface area contributed by atoms with Crippen molar-refractivity contribution >= 4 is 45.5 Å². The summed E-state index contributed by atoms with van der Waals surface area (Å²) in [5, 5.41) is 0. The van der Waals surface area contributed by atoms with E-state index in [0.29, 0.717) is 6.42 Å². The second-order valence-electron chi connectivity index (χ2n) is 5.15. The third-order valence-corrected chi connectivity index (χ3v) is 3.92.